The first kappa shape index (κ1) is 16.8. The summed E-state index contributed by atoms with van der Waals surface area (Å²) >= 11 is 0. The van der Waals surface area contributed by atoms with Crippen LogP contribution in [0.25, 0.3) is 0 Å². The van der Waals surface area contributed by atoms with Gasteiger partial charge in [0.25, 0.3) is 0 Å². The van der Waals surface area contributed by atoms with Crippen molar-refractivity contribution in [3.63, 3.8) is 0 Å². The van der Waals surface area contributed by atoms with Gasteiger partial charge in [-0.25, -0.2) is 9.59 Å². The van der Waals surface area contributed by atoms with Crippen LogP contribution in [0.1, 0.15) is 22.6 Å². The van der Waals surface area contributed by atoms with E-state index >= 15 is 0 Å². The van der Waals surface area contributed by atoms with Gasteiger partial charge in [-0.1, -0.05) is 24.3 Å². The third kappa shape index (κ3) is 4.96. The van der Waals surface area contributed by atoms with E-state index in [2.05, 4.69) is 35.2 Å². The van der Waals surface area contributed by atoms with Crippen LogP contribution in [0.4, 0.5) is 0 Å². The molecule has 6 heteroatoms. The number of hydrogen-bond donors (Lipinski definition) is 2. The van der Waals surface area contributed by atoms with Crippen molar-refractivity contribution >= 4 is 11.9 Å². The van der Waals surface area contributed by atoms with Gasteiger partial charge in [-0.15, -0.1) is 0 Å². The molecule has 0 saturated carbocycles. The van der Waals surface area contributed by atoms with E-state index in [1.54, 1.807) is 0 Å². The zero-order valence-corrected chi connectivity index (χ0v) is 12.9. The number of benzene rings is 1. The van der Waals surface area contributed by atoms with Crippen molar-refractivity contribution in [1.29, 1.82) is 0 Å². The largest absolute Gasteiger partial charge is 0.473 e. The lowest BCUT2D eigenvalue weighted by Gasteiger charge is -2.27. The Bertz CT molecular complexity index is 680. The molecule has 2 N–H and O–H groups in total. The van der Waals surface area contributed by atoms with E-state index < -0.39 is 11.9 Å². The molecular weight excluding hydrogens is 298 g/mol. The molecule has 122 valence electrons. The van der Waals surface area contributed by atoms with Crippen molar-refractivity contribution < 1.29 is 24.2 Å². The molecule has 0 fully saturated rings. The van der Waals surface area contributed by atoms with Gasteiger partial charge in [-0.2, -0.15) is 0 Å². The molecule has 2 aromatic rings. The zero-order chi connectivity index (χ0) is 16.8. The minimum atomic E-state index is -1.82. The Kier molecular flexibility index (Phi) is 5.54. The summed E-state index contributed by atoms with van der Waals surface area (Å²) in [6.45, 7) is 5.07. The maximum Gasteiger partial charge on any atom is 0.414 e. The minimum Gasteiger partial charge on any atom is -0.473 e. The van der Waals surface area contributed by atoms with Crippen molar-refractivity contribution in [2.45, 2.75) is 26.4 Å². The first-order chi connectivity index (χ1) is 11.0. The fraction of sp³-hybridized carbons (Fsp3) is 0.294. The molecule has 0 spiro atoms. The highest BCUT2D eigenvalue weighted by atomic mass is 16.4. The summed E-state index contributed by atoms with van der Waals surface area (Å²) in [6, 6.07) is 12.8. The summed E-state index contributed by atoms with van der Waals surface area (Å²) < 4.78 is 5.63. The predicted octanol–water partition coefficient (Wildman–Crippen LogP) is 2.30. The Hall–Kier alpha value is -2.60. The van der Waals surface area contributed by atoms with E-state index in [4.69, 9.17) is 24.2 Å². The van der Waals surface area contributed by atoms with Gasteiger partial charge in [0.15, 0.2) is 0 Å². The second kappa shape index (κ2) is 7.60. The number of aliphatic carboxylic acids is 2. The molecule has 0 unspecified atom stereocenters. The molecule has 1 aliphatic rings. The van der Waals surface area contributed by atoms with E-state index in [0.717, 1.165) is 37.6 Å². The van der Waals surface area contributed by atoms with Crippen LogP contribution in [-0.2, 0) is 29.1 Å². The fourth-order valence-corrected chi connectivity index (χ4v) is 2.48. The van der Waals surface area contributed by atoms with Crippen molar-refractivity contribution in [2.24, 2.45) is 0 Å². The van der Waals surface area contributed by atoms with Gasteiger partial charge in [0.1, 0.15) is 11.5 Å². The molecule has 0 radical (unpaired) electrons. The normalized spacial score (nSPS) is 13.6. The molecule has 1 aromatic heterocycles. The Morgan fingerprint density at radius 2 is 1.74 bits per heavy atom. The van der Waals surface area contributed by atoms with Crippen LogP contribution >= 0.6 is 0 Å². The molecule has 2 heterocycles. The first-order valence-electron chi connectivity index (χ1n) is 7.26. The SMILES string of the molecule is Cc1ccc(CN2CCc3ccccc3C2)o1.O=C(O)C(=O)O. The Labute approximate surface area is 134 Å². The average Bonchev–Trinajstić information content (AvgIpc) is 2.93. The minimum absolute atomic E-state index is 0.919. The van der Waals surface area contributed by atoms with Gasteiger partial charge < -0.3 is 14.6 Å². The molecular formula is C17H19NO5. The highest BCUT2D eigenvalue weighted by Crippen LogP contribution is 2.20. The molecule has 0 aliphatic carbocycles. The number of rotatable bonds is 2. The van der Waals surface area contributed by atoms with Crippen molar-refractivity contribution in [3.05, 3.63) is 59.0 Å². The summed E-state index contributed by atoms with van der Waals surface area (Å²) in [4.78, 5) is 20.6. The molecule has 1 aliphatic heterocycles. The fourth-order valence-electron chi connectivity index (χ4n) is 2.48. The number of carboxylic acids is 2. The summed E-state index contributed by atoms with van der Waals surface area (Å²) in [7, 11) is 0. The average molecular weight is 317 g/mol. The maximum absolute atomic E-state index is 9.10. The highest BCUT2D eigenvalue weighted by molar-refractivity contribution is 6.27. The third-order valence-electron chi connectivity index (χ3n) is 3.57. The number of fused-ring (bicyclic) bond motifs is 1. The van der Waals surface area contributed by atoms with E-state index in [1.165, 1.54) is 11.1 Å². The monoisotopic (exact) mass is 317 g/mol. The maximum atomic E-state index is 9.10. The second-order valence-electron chi connectivity index (χ2n) is 5.35. The Balaban J connectivity index is 0.000000277. The zero-order valence-electron chi connectivity index (χ0n) is 12.9. The Morgan fingerprint density at radius 3 is 2.30 bits per heavy atom. The van der Waals surface area contributed by atoms with E-state index in [-0.39, 0.29) is 0 Å². The van der Waals surface area contributed by atoms with Crippen LogP contribution in [0.5, 0.6) is 0 Å². The molecule has 6 nitrogen and oxygen atoms in total. The van der Waals surface area contributed by atoms with Gasteiger partial charge in [0, 0.05) is 13.1 Å². The number of carbonyl (C=O) groups is 2. The van der Waals surface area contributed by atoms with Gasteiger partial charge in [0.2, 0.25) is 0 Å². The quantitative estimate of drug-likeness (QED) is 0.826. The molecule has 23 heavy (non-hydrogen) atoms. The van der Waals surface area contributed by atoms with Gasteiger partial charge >= 0.3 is 11.9 Å². The molecule has 0 amide bonds. The molecule has 0 atom stereocenters. The van der Waals surface area contributed by atoms with Gasteiger partial charge in [-0.05, 0) is 36.6 Å². The summed E-state index contributed by atoms with van der Waals surface area (Å²) in [5.74, 6) is -1.58. The van der Waals surface area contributed by atoms with Crippen molar-refractivity contribution in [1.82, 2.24) is 4.90 Å². The van der Waals surface area contributed by atoms with Crippen LogP contribution in [0, 0.1) is 6.92 Å². The summed E-state index contributed by atoms with van der Waals surface area (Å²) in [5, 5.41) is 14.8. The smallest absolute Gasteiger partial charge is 0.414 e. The van der Waals surface area contributed by atoms with Gasteiger partial charge in [0.05, 0.1) is 6.54 Å². The van der Waals surface area contributed by atoms with Crippen molar-refractivity contribution in [2.75, 3.05) is 6.54 Å². The van der Waals surface area contributed by atoms with Gasteiger partial charge in [-0.3, -0.25) is 4.90 Å². The molecule has 0 saturated heterocycles. The molecule has 1 aromatic carbocycles. The second-order valence-corrected chi connectivity index (χ2v) is 5.35. The van der Waals surface area contributed by atoms with Crippen LogP contribution in [0.3, 0.4) is 0 Å². The lowest BCUT2D eigenvalue weighted by Crippen LogP contribution is -2.29. The van der Waals surface area contributed by atoms with E-state index in [0.29, 0.717) is 0 Å². The van der Waals surface area contributed by atoms with Crippen LogP contribution in [0.2, 0.25) is 0 Å². The number of nitrogens with zero attached hydrogens (tertiary/aromatic N) is 1. The first-order valence-corrected chi connectivity index (χ1v) is 7.26. The van der Waals surface area contributed by atoms with Crippen molar-refractivity contribution in [3.8, 4) is 0 Å². The lowest BCUT2D eigenvalue weighted by molar-refractivity contribution is -0.159. The van der Waals surface area contributed by atoms with E-state index in [1.807, 2.05) is 13.0 Å². The van der Waals surface area contributed by atoms with Crippen LogP contribution < -0.4 is 0 Å². The summed E-state index contributed by atoms with van der Waals surface area (Å²) in [5.41, 5.74) is 2.96. The number of furan rings is 1. The van der Waals surface area contributed by atoms with Crippen LogP contribution in [0.15, 0.2) is 40.8 Å². The third-order valence-corrected chi connectivity index (χ3v) is 3.57. The standard InChI is InChI=1S/C15H17NO.C2H2O4/c1-12-6-7-15(17-12)11-16-9-8-13-4-2-3-5-14(13)10-16;3-1(4)2(5)6/h2-7H,8-11H2,1H3;(H,3,4)(H,5,6). The topological polar surface area (TPSA) is 91.0 Å². The highest BCUT2D eigenvalue weighted by Gasteiger charge is 2.16. The number of carboxylic acid groups (broad SMARTS) is 2. The predicted molar refractivity (Wildman–Crippen MR) is 83.0 cm³/mol. The van der Waals surface area contributed by atoms with Crippen LogP contribution in [-0.4, -0.2) is 33.6 Å². The Morgan fingerprint density at radius 1 is 1.09 bits per heavy atom. The lowest BCUT2D eigenvalue weighted by atomic mass is 10.00. The molecule has 3 rings (SSSR count). The molecule has 0 bridgehead atoms. The summed E-state index contributed by atoms with van der Waals surface area (Å²) in [6.07, 6.45) is 1.15. The van der Waals surface area contributed by atoms with E-state index in [9.17, 15) is 0 Å². The number of aryl methyl sites for hydroxylation is 1. The number of hydrogen-bond acceptors (Lipinski definition) is 4.